The minimum Gasteiger partial charge on any atom is -0.309 e. The molecule has 4 heterocycles. The van der Waals surface area contributed by atoms with Crippen molar-refractivity contribution in [3.05, 3.63) is 150 Å². The van der Waals surface area contributed by atoms with Crippen LogP contribution in [0, 0.1) is 16.7 Å². The van der Waals surface area contributed by atoms with Crippen LogP contribution < -0.4 is 0 Å². The molecule has 6 aromatic rings. The zero-order valence-electron chi connectivity index (χ0n) is 23.1. The first-order valence-corrected chi connectivity index (χ1v) is 14.7. The molecule has 42 heavy (non-hydrogen) atoms. The topological polar surface area (TPSA) is 44.3 Å². The summed E-state index contributed by atoms with van der Waals surface area (Å²) in [6.07, 6.45) is 2.05. The van der Waals surface area contributed by atoms with Gasteiger partial charge in [0.2, 0.25) is 0 Å². The van der Waals surface area contributed by atoms with Crippen LogP contribution >= 0.6 is 0 Å². The van der Waals surface area contributed by atoms with E-state index in [4.69, 9.17) is 4.99 Å². The number of benzene rings is 5. The molecule has 1 aliphatic carbocycles. The van der Waals surface area contributed by atoms with E-state index in [0.29, 0.717) is 17.6 Å². The summed E-state index contributed by atoms with van der Waals surface area (Å²) in [4.78, 5) is 8.09. The van der Waals surface area contributed by atoms with Gasteiger partial charge in [0.05, 0.1) is 22.7 Å². The Morgan fingerprint density at radius 3 is 2.10 bits per heavy atom. The van der Waals surface area contributed by atoms with Crippen molar-refractivity contribution in [3.8, 4) is 11.8 Å². The van der Waals surface area contributed by atoms with E-state index in [1.165, 1.54) is 45.1 Å². The number of nitriles is 1. The highest BCUT2D eigenvalue weighted by atomic mass is 15.4. The van der Waals surface area contributed by atoms with E-state index >= 15 is 0 Å². The molecule has 4 nitrogen and oxygen atoms in total. The van der Waals surface area contributed by atoms with Gasteiger partial charge in [-0.05, 0) is 65.9 Å². The quantitative estimate of drug-likeness (QED) is 0.225. The Balaban J connectivity index is 1.15. The van der Waals surface area contributed by atoms with E-state index in [9.17, 15) is 5.26 Å². The molecule has 2 bridgehead atoms. The molecule has 5 unspecified atom stereocenters. The zero-order chi connectivity index (χ0) is 27.8. The summed E-state index contributed by atoms with van der Waals surface area (Å²) < 4.78 is 2.36. The molecule has 10 rings (SSSR count). The lowest BCUT2D eigenvalue weighted by atomic mass is 9.77. The second-order valence-corrected chi connectivity index (χ2v) is 12.0. The standard InChI is InChI=1S/C38H28N4/c39-24-25-9-8-12-28(21-25)37-40-32(22-38-23-35(38)42(37)36(38)27-10-2-1-3-11-27)26-17-19-29(20-18-26)41-33-15-6-4-13-30(33)31-14-5-7-16-34(31)41/h1-21,35-37H,22-23H2. The molecule has 0 amide bonds. The van der Waals surface area contributed by atoms with Gasteiger partial charge in [-0.1, -0.05) is 91.0 Å². The highest BCUT2D eigenvalue weighted by molar-refractivity contribution is 6.09. The number of para-hydroxylation sites is 2. The molecule has 1 saturated heterocycles. The summed E-state index contributed by atoms with van der Waals surface area (Å²) in [5, 5.41) is 12.2. The molecule has 1 aromatic heterocycles. The smallest absolute Gasteiger partial charge is 0.129 e. The average Bonchev–Trinajstić information content (AvgIpc) is 3.62. The number of hydrogen-bond acceptors (Lipinski definition) is 3. The fourth-order valence-electron chi connectivity index (χ4n) is 7.90. The Bertz CT molecular complexity index is 2030. The summed E-state index contributed by atoms with van der Waals surface area (Å²) in [5.74, 6) is 0. The minimum atomic E-state index is -0.112. The van der Waals surface area contributed by atoms with Crippen molar-refractivity contribution < 1.29 is 0 Å². The Hall–Kier alpha value is -4.98. The first-order valence-electron chi connectivity index (χ1n) is 14.7. The number of rotatable bonds is 4. The average molecular weight is 541 g/mol. The monoisotopic (exact) mass is 540 g/mol. The Labute approximate surface area is 244 Å². The zero-order valence-corrected chi connectivity index (χ0v) is 23.1. The highest BCUT2D eigenvalue weighted by Crippen LogP contribution is 2.75. The summed E-state index contributed by atoms with van der Waals surface area (Å²) in [6.45, 7) is 0. The van der Waals surface area contributed by atoms with Crippen molar-refractivity contribution in [2.75, 3.05) is 0 Å². The van der Waals surface area contributed by atoms with Gasteiger partial charge in [-0.25, -0.2) is 0 Å². The molecule has 5 aromatic carbocycles. The molecule has 200 valence electrons. The maximum Gasteiger partial charge on any atom is 0.129 e. The second-order valence-electron chi connectivity index (χ2n) is 12.0. The lowest BCUT2D eigenvalue weighted by molar-refractivity contribution is -0.0165. The molecule has 1 saturated carbocycles. The van der Waals surface area contributed by atoms with Crippen molar-refractivity contribution in [2.45, 2.75) is 31.1 Å². The summed E-state index contributed by atoms with van der Waals surface area (Å²) in [7, 11) is 0. The van der Waals surface area contributed by atoms with E-state index in [2.05, 4.69) is 125 Å². The van der Waals surface area contributed by atoms with Crippen LogP contribution in [0.2, 0.25) is 0 Å². The SMILES string of the molecule is N#Cc1cccc(C2N=C(c3ccc(-n4c5ccccc5c5ccccc54)cc3)CC34CC3N2C4c2ccccc2)c1. The van der Waals surface area contributed by atoms with Gasteiger partial charge in [0, 0.05) is 39.7 Å². The largest absolute Gasteiger partial charge is 0.309 e. The number of fused-ring (bicyclic) bond motifs is 5. The van der Waals surface area contributed by atoms with Gasteiger partial charge < -0.3 is 4.57 Å². The van der Waals surface area contributed by atoms with Crippen molar-refractivity contribution >= 4 is 27.5 Å². The first kappa shape index (κ1) is 23.7. The molecular formula is C38H28N4. The predicted octanol–water partition coefficient (Wildman–Crippen LogP) is 8.36. The lowest BCUT2D eigenvalue weighted by Crippen LogP contribution is -2.49. The molecule has 0 radical (unpaired) electrons. The molecule has 4 heteroatoms. The van der Waals surface area contributed by atoms with E-state index in [-0.39, 0.29) is 11.6 Å². The molecule has 4 aliphatic rings. The van der Waals surface area contributed by atoms with Crippen molar-refractivity contribution in [1.82, 2.24) is 9.47 Å². The molecule has 2 fully saturated rings. The molecule has 1 spiro atoms. The summed E-state index contributed by atoms with van der Waals surface area (Å²) in [6, 6.07) is 48.4. The van der Waals surface area contributed by atoms with Crippen LogP contribution in [-0.4, -0.2) is 21.2 Å². The maximum absolute atomic E-state index is 9.65. The van der Waals surface area contributed by atoms with Gasteiger partial charge in [-0.2, -0.15) is 5.26 Å². The van der Waals surface area contributed by atoms with Gasteiger partial charge in [-0.3, -0.25) is 9.89 Å². The third kappa shape index (κ3) is 3.29. The third-order valence-corrected chi connectivity index (χ3v) is 9.80. The van der Waals surface area contributed by atoms with Gasteiger partial charge >= 0.3 is 0 Å². The molecular weight excluding hydrogens is 512 g/mol. The van der Waals surface area contributed by atoms with Gasteiger partial charge in [0.15, 0.2) is 0 Å². The van der Waals surface area contributed by atoms with Crippen molar-refractivity contribution in [2.24, 2.45) is 10.4 Å². The van der Waals surface area contributed by atoms with Crippen LogP contribution in [0.3, 0.4) is 0 Å². The van der Waals surface area contributed by atoms with Crippen LogP contribution in [0.25, 0.3) is 27.5 Å². The number of aliphatic imine (C=N–C) groups is 1. The second kappa shape index (κ2) is 8.76. The summed E-state index contributed by atoms with van der Waals surface area (Å²) in [5.41, 5.74) is 9.31. The molecule has 0 N–H and O–H groups in total. The van der Waals surface area contributed by atoms with Gasteiger partial charge in [0.1, 0.15) is 6.17 Å². The predicted molar refractivity (Wildman–Crippen MR) is 168 cm³/mol. The maximum atomic E-state index is 9.65. The fourth-order valence-corrected chi connectivity index (χ4v) is 7.90. The van der Waals surface area contributed by atoms with E-state index in [1.807, 2.05) is 18.2 Å². The van der Waals surface area contributed by atoms with Crippen LogP contribution in [0.5, 0.6) is 0 Å². The van der Waals surface area contributed by atoms with Crippen molar-refractivity contribution in [3.63, 3.8) is 0 Å². The Kier molecular flexibility index (Phi) is 4.94. The van der Waals surface area contributed by atoms with Crippen molar-refractivity contribution in [1.29, 1.82) is 5.26 Å². The number of aromatic nitrogens is 1. The van der Waals surface area contributed by atoms with Crippen LogP contribution in [0.4, 0.5) is 0 Å². The Morgan fingerprint density at radius 1 is 0.714 bits per heavy atom. The van der Waals surface area contributed by atoms with E-state index in [0.717, 1.165) is 17.7 Å². The van der Waals surface area contributed by atoms with Crippen LogP contribution in [0.1, 0.15) is 47.3 Å². The third-order valence-electron chi connectivity index (χ3n) is 9.80. The van der Waals surface area contributed by atoms with Crippen LogP contribution in [0.15, 0.2) is 132 Å². The van der Waals surface area contributed by atoms with Crippen LogP contribution in [-0.2, 0) is 0 Å². The minimum absolute atomic E-state index is 0.112. The number of hydrogen-bond donors (Lipinski definition) is 0. The van der Waals surface area contributed by atoms with Gasteiger partial charge in [0.25, 0.3) is 0 Å². The molecule has 5 atom stereocenters. The molecule has 3 aliphatic heterocycles. The lowest BCUT2D eigenvalue weighted by Gasteiger charge is -2.49. The highest BCUT2D eigenvalue weighted by Gasteiger charge is 2.75. The van der Waals surface area contributed by atoms with Gasteiger partial charge in [-0.15, -0.1) is 0 Å². The normalized spacial score (nSPS) is 25.6. The summed E-state index contributed by atoms with van der Waals surface area (Å²) >= 11 is 0. The first-order chi connectivity index (χ1) is 20.7. The number of nitrogens with zero attached hydrogens (tertiary/aromatic N) is 4. The fraction of sp³-hybridized carbons (Fsp3) is 0.158. The van der Waals surface area contributed by atoms with E-state index in [1.54, 1.807) is 0 Å². The Morgan fingerprint density at radius 2 is 1.38 bits per heavy atom. The van der Waals surface area contributed by atoms with E-state index < -0.39 is 0 Å².